The van der Waals surface area contributed by atoms with E-state index in [1.807, 2.05) is 12.1 Å². The number of nitrogens with one attached hydrogen (secondary N) is 1. The third-order valence-electron chi connectivity index (χ3n) is 4.07. The van der Waals surface area contributed by atoms with Crippen LogP contribution in [0.25, 0.3) is 0 Å². The highest BCUT2D eigenvalue weighted by atomic mass is 79.9. The number of aliphatic imine (C=N–C) groups is 1. The molecule has 1 atom stereocenters. The molecule has 1 saturated heterocycles. The number of methoxy groups -OCH3 is 2. The topological polar surface area (TPSA) is 55.3 Å². The van der Waals surface area contributed by atoms with Gasteiger partial charge in [-0.3, -0.25) is 4.99 Å². The Labute approximate surface area is 152 Å². The largest absolute Gasteiger partial charge is 0.493 e. The summed E-state index contributed by atoms with van der Waals surface area (Å²) in [4.78, 5) is 6.51. The van der Waals surface area contributed by atoms with E-state index in [-0.39, 0.29) is 0 Å². The molecule has 0 spiro atoms. The SMILES string of the molecule is CN=C(NCc1cc(Br)c(OC)c(OC)c1)N(C)CC1CCOC1. The highest BCUT2D eigenvalue weighted by Gasteiger charge is 2.19. The summed E-state index contributed by atoms with van der Waals surface area (Å²) in [5.41, 5.74) is 1.08. The Kier molecular flexibility index (Phi) is 7.17. The number of hydrogen-bond donors (Lipinski definition) is 1. The number of ether oxygens (including phenoxy) is 3. The van der Waals surface area contributed by atoms with Crippen molar-refractivity contribution in [3.63, 3.8) is 0 Å². The summed E-state index contributed by atoms with van der Waals surface area (Å²) in [5.74, 6) is 2.84. The average molecular weight is 400 g/mol. The smallest absolute Gasteiger partial charge is 0.193 e. The lowest BCUT2D eigenvalue weighted by atomic mass is 10.1. The molecule has 1 aromatic carbocycles. The first-order chi connectivity index (χ1) is 11.6. The van der Waals surface area contributed by atoms with Gasteiger partial charge in [0.05, 0.1) is 25.3 Å². The molecule has 6 nitrogen and oxygen atoms in total. The van der Waals surface area contributed by atoms with Crippen LogP contribution in [0, 0.1) is 5.92 Å². The Hall–Kier alpha value is -1.47. The van der Waals surface area contributed by atoms with Crippen molar-refractivity contribution in [1.82, 2.24) is 10.2 Å². The lowest BCUT2D eigenvalue weighted by Crippen LogP contribution is -2.41. The van der Waals surface area contributed by atoms with Gasteiger partial charge < -0.3 is 24.4 Å². The summed E-state index contributed by atoms with van der Waals surface area (Å²) in [6, 6.07) is 3.99. The molecule has 0 saturated carbocycles. The number of benzene rings is 1. The highest BCUT2D eigenvalue weighted by Crippen LogP contribution is 2.36. The van der Waals surface area contributed by atoms with E-state index >= 15 is 0 Å². The van der Waals surface area contributed by atoms with Crippen LogP contribution in [0.3, 0.4) is 0 Å². The van der Waals surface area contributed by atoms with E-state index in [1.165, 1.54) is 0 Å². The molecule has 0 aliphatic carbocycles. The fourth-order valence-corrected chi connectivity index (χ4v) is 3.49. The van der Waals surface area contributed by atoms with Crippen LogP contribution < -0.4 is 14.8 Å². The molecule has 0 amide bonds. The van der Waals surface area contributed by atoms with Crippen molar-refractivity contribution in [2.75, 3.05) is 48.1 Å². The predicted molar refractivity (Wildman–Crippen MR) is 99.0 cm³/mol. The quantitative estimate of drug-likeness (QED) is 0.588. The predicted octanol–water partition coefficient (Wildman–Crippen LogP) is 2.51. The van der Waals surface area contributed by atoms with E-state index in [0.717, 1.165) is 42.2 Å². The van der Waals surface area contributed by atoms with E-state index in [9.17, 15) is 0 Å². The fourth-order valence-electron chi connectivity index (χ4n) is 2.84. The van der Waals surface area contributed by atoms with Gasteiger partial charge in [-0.2, -0.15) is 0 Å². The van der Waals surface area contributed by atoms with Gasteiger partial charge in [-0.1, -0.05) is 0 Å². The van der Waals surface area contributed by atoms with Crippen molar-refractivity contribution in [2.45, 2.75) is 13.0 Å². The summed E-state index contributed by atoms with van der Waals surface area (Å²) in [6.45, 7) is 3.29. The molecular weight excluding hydrogens is 374 g/mol. The van der Waals surface area contributed by atoms with Crippen LogP contribution in [-0.2, 0) is 11.3 Å². The average Bonchev–Trinajstić information content (AvgIpc) is 3.07. The van der Waals surface area contributed by atoms with Crippen LogP contribution in [-0.4, -0.2) is 58.9 Å². The van der Waals surface area contributed by atoms with Crippen LogP contribution in [0.1, 0.15) is 12.0 Å². The summed E-state index contributed by atoms with van der Waals surface area (Å²) in [6.07, 6.45) is 1.12. The van der Waals surface area contributed by atoms with E-state index in [0.29, 0.717) is 24.0 Å². The molecule has 1 N–H and O–H groups in total. The molecule has 134 valence electrons. The second-order valence-corrected chi connectivity index (χ2v) is 6.68. The summed E-state index contributed by atoms with van der Waals surface area (Å²) in [7, 11) is 7.12. The van der Waals surface area contributed by atoms with E-state index in [2.05, 4.69) is 38.2 Å². The van der Waals surface area contributed by atoms with Gasteiger partial charge in [0, 0.05) is 39.7 Å². The van der Waals surface area contributed by atoms with Crippen LogP contribution in [0.15, 0.2) is 21.6 Å². The van der Waals surface area contributed by atoms with Gasteiger partial charge >= 0.3 is 0 Å². The zero-order chi connectivity index (χ0) is 17.5. The Morgan fingerprint density at radius 1 is 1.42 bits per heavy atom. The van der Waals surface area contributed by atoms with Crippen LogP contribution in [0.4, 0.5) is 0 Å². The number of halogens is 1. The second-order valence-electron chi connectivity index (χ2n) is 5.82. The van der Waals surface area contributed by atoms with Gasteiger partial charge in [0.1, 0.15) is 0 Å². The van der Waals surface area contributed by atoms with E-state index in [1.54, 1.807) is 21.3 Å². The number of rotatable bonds is 6. The minimum absolute atomic E-state index is 0.573. The first-order valence-electron chi connectivity index (χ1n) is 7.99. The van der Waals surface area contributed by atoms with E-state index < -0.39 is 0 Å². The Morgan fingerprint density at radius 2 is 2.21 bits per heavy atom. The molecule has 0 aromatic heterocycles. The summed E-state index contributed by atoms with van der Waals surface area (Å²) >= 11 is 3.52. The monoisotopic (exact) mass is 399 g/mol. The van der Waals surface area contributed by atoms with Crippen LogP contribution >= 0.6 is 15.9 Å². The molecular formula is C17H26BrN3O3. The number of guanidine groups is 1. The lowest BCUT2D eigenvalue weighted by molar-refractivity contribution is 0.181. The molecule has 1 aromatic rings. The van der Waals surface area contributed by atoms with E-state index in [4.69, 9.17) is 14.2 Å². The van der Waals surface area contributed by atoms with Gasteiger partial charge in [0.15, 0.2) is 17.5 Å². The van der Waals surface area contributed by atoms with Crippen LogP contribution in [0.2, 0.25) is 0 Å². The molecule has 1 heterocycles. The third-order valence-corrected chi connectivity index (χ3v) is 4.66. The van der Waals surface area contributed by atoms with Crippen LogP contribution in [0.5, 0.6) is 11.5 Å². The van der Waals surface area contributed by atoms with Gasteiger partial charge in [-0.05, 0) is 40.0 Å². The van der Waals surface area contributed by atoms with Crippen molar-refractivity contribution in [3.8, 4) is 11.5 Å². The lowest BCUT2D eigenvalue weighted by Gasteiger charge is -2.24. The molecule has 1 aliphatic heterocycles. The maximum Gasteiger partial charge on any atom is 0.193 e. The molecule has 0 bridgehead atoms. The maximum absolute atomic E-state index is 5.44. The van der Waals surface area contributed by atoms with Gasteiger partial charge in [-0.15, -0.1) is 0 Å². The number of hydrogen-bond acceptors (Lipinski definition) is 4. The third kappa shape index (κ3) is 4.77. The summed E-state index contributed by atoms with van der Waals surface area (Å²) < 4.78 is 17.0. The first-order valence-corrected chi connectivity index (χ1v) is 8.78. The summed E-state index contributed by atoms with van der Waals surface area (Å²) in [5, 5.41) is 3.39. The zero-order valence-corrected chi connectivity index (χ0v) is 16.4. The van der Waals surface area contributed by atoms with Crippen molar-refractivity contribution in [3.05, 3.63) is 22.2 Å². The maximum atomic E-state index is 5.44. The Bertz CT molecular complexity index is 574. The van der Waals surface area contributed by atoms with Gasteiger partial charge in [0.25, 0.3) is 0 Å². The van der Waals surface area contributed by atoms with Crippen molar-refractivity contribution in [2.24, 2.45) is 10.9 Å². The number of nitrogens with zero attached hydrogens (tertiary/aromatic N) is 2. The molecule has 1 fully saturated rings. The minimum Gasteiger partial charge on any atom is -0.493 e. The molecule has 1 aliphatic rings. The fraction of sp³-hybridized carbons (Fsp3) is 0.588. The normalized spacial score (nSPS) is 17.7. The van der Waals surface area contributed by atoms with Crippen molar-refractivity contribution in [1.29, 1.82) is 0 Å². The Balaban J connectivity index is 1.98. The molecule has 24 heavy (non-hydrogen) atoms. The molecule has 0 radical (unpaired) electrons. The molecule has 1 unspecified atom stereocenters. The standard InChI is InChI=1S/C17H26BrN3O3/c1-19-17(21(2)10-12-5-6-24-11-12)20-9-13-7-14(18)16(23-4)15(8-13)22-3/h7-8,12H,5-6,9-11H2,1-4H3,(H,19,20). The molecule has 7 heteroatoms. The van der Waals surface area contributed by atoms with Crippen molar-refractivity contribution < 1.29 is 14.2 Å². The molecule has 2 rings (SSSR count). The first kappa shape index (κ1) is 18.9. The zero-order valence-electron chi connectivity index (χ0n) is 14.8. The van der Waals surface area contributed by atoms with Gasteiger partial charge in [0.2, 0.25) is 0 Å². The van der Waals surface area contributed by atoms with Crippen molar-refractivity contribution >= 4 is 21.9 Å². The second kappa shape index (κ2) is 9.13. The highest BCUT2D eigenvalue weighted by molar-refractivity contribution is 9.10. The van der Waals surface area contributed by atoms with Gasteiger partial charge in [-0.25, -0.2) is 0 Å². The Morgan fingerprint density at radius 3 is 2.79 bits per heavy atom. The minimum atomic E-state index is 0.573.